The third-order valence-corrected chi connectivity index (χ3v) is 2.22. The number of halogens is 1. The summed E-state index contributed by atoms with van der Waals surface area (Å²) in [6.07, 6.45) is 0. The van der Waals surface area contributed by atoms with Crippen LogP contribution < -0.4 is 0 Å². The molecule has 0 aliphatic rings. The minimum absolute atomic E-state index is 0.183. The van der Waals surface area contributed by atoms with Crippen LogP contribution >= 0.6 is 15.9 Å². The fraction of sp³-hybridized carbons (Fsp3) is 0.222. The van der Waals surface area contributed by atoms with Gasteiger partial charge in [-0.15, -0.1) is 0 Å². The number of phenols is 2. The maximum Gasteiger partial charge on any atom is 0.339 e. The second-order valence-corrected chi connectivity index (χ2v) is 3.40. The molecule has 76 valence electrons. The van der Waals surface area contributed by atoms with Crippen LogP contribution in [-0.2, 0) is 4.74 Å². The highest BCUT2D eigenvalue weighted by atomic mass is 79.9. The van der Waals surface area contributed by atoms with E-state index >= 15 is 0 Å². The fourth-order valence-corrected chi connectivity index (χ4v) is 1.41. The highest BCUT2D eigenvalue weighted by Gasteiger charge is 2.14. The fourth-order valence-electron chi connectivity index (χ4n) is 0.917. The minimum atomic E-state index is -0.547. The van der Waals surface area contributed by atoms with E-state index in [-0.39, 0.29) is 23.7 Å². The Hall–Kier alpha value is -1.23. The average molecular weight is 261 g/mol. The molecule has 0 heterocycles. The molecule has 0 aliphatic heterocycles. The molecule has 1 rings (SSSR count). The van der Waals surface area contributed by atoms with Gasteiger partial charge in [-0.2, -0.15) is 0 Å². The van der Waals surface area contributed by atoms with E-state index in [1.54, 1.807) is 6.92 Å². The second-order valence-electron chi connectivity index (χ2n) is 2.54. The maximum atomic E-state index is 11.3. The number of ether oxygens (including phenoxy) is 1. The van der Waals surface area contributed by atoms with Crippen LogP contribution in [0.1, 0.15) is 17.3 Å². The van der Waals surface area contributed by atoms with E-state index in [0.717, 1.165) is 6.07 Å². The van der Waals surface area contributed by atoms with Crippen LogP contribution in [0.4, 0.5) is 0 Å². The molecule has 1 aromatic rings. The van der Waals surface area contributed by atoms with Gasteiger partial charge in [0, 0.05) is 4.47 Å². The molecule has 4 nitrogen and oxygen atoms in total. The van der Waals surface area contributed by atoms with Gasteiger partial charge in [0.05, 0.1) is 12.2 Å². The van der Waals surface area contributed by atoms with Crippen molar-refractivity contribution in [2.45, 2.75) is 6.92 Å². The summed E-state index contributed by atoms with van der Waals surface area (Å²) < 4.78 is 5.12. The zero-order chi connectivity index (χ0) is 10.7. The molecule has 0 atom stereocenters. The van der Waals surface area contributed by atoms with Gasteiger partial charge >= 0.3 is 5.97 Å². The molecule has 0 fully saturated rings. The Morgan fingerprint density at radius 1 is 1.43 bits per heavy atom. The first-order chi connectivity index (χ1) is 6.56. The molecule has 0 unspecified atom stereocenters. The van der Waals surface area contributed by atoms with Gasteiger partial charge < -0.3 is 14.9 Å². The molecule has 0 bridgehead atoms. The van der Waals surface area contributed by atoms with Gasteiger partial charge in [-0.3, -0.25) is 0 Å². The van der Waals surface area contributed by atoms with Gasteiger partial charge in [0.1, 0.15) is 0 Å². The number of carbonyl (C=O) groups excluding carboxylic acids is 1. The van der Waals surface area contributed by atoms with Gasteiger partial charge in [0.15, 0.2) is 11.5 Å². The lowest BCUT2D eigenvalue weighted by molar-refractivity contribution is 0.0525. The van der Waals surface area contributed by atoms with E-state index in [0.29, 0.717) is 4.47 Å². The van der Waals surface area contributed by atoms with E-state index in [1.807, 2.05) is 0 Å². The number of carbonyl (C=O) groups is 1. The number of hydrogen-bond acceptors (Lipinski definition) is 4. The monoisotopic (exact) mass is 260 g/mol. The van der Waals surface area contributed by atoms with Crippen LogP contribution in [0.5, 0.6) is 11.5 Å². The summed E-state index contributed by atoms with van der Waals surface area (Å²) in [7, 11) is 0. The number of aromatic hydroxyl groups is 2. The van der Waals surface area contributed by atoms with Crippen LogP contribution in [-0.4, -0.2) is 22.8 Å². The predicted octanol–water partition coefficient (Wildman–Crippen LogP) is 2.04. The molecule has 2 N–H and O–H groups in total. The number of phenolic OH excluding ortho intramolecular Hbond substituents is 2. The molecular formula is C9H9BrO4. The third-order valence-electron chi connectivity index (χ3n) is 1.56. The van der Waals surface area contributed by atoms with Crippen LogP contribution in [0, 0.1) is 0 Å². The lowest BCUT2D eigenvalue weighted by Gasteiger charge is -2.05. The Balaban J connectivity index is 3.09. The molecule has 0 saturated carbocycles. The Labute approximate surface area is 89.3 Å². The first kappa shape index (κ1) is 10.8. The van der Waals surface area contributed by atoms with Crippen LogP contribution in [0.25, 0.3) is 0 Å². The van der Waals surface area contributed by atoms with E-state index in [1.165, 1.54) is 6.07 Å². The van der Waals surface area contributed by atoms with Crippen LogP contribution in [0.3, 0.4) is 0 Å². The first-order valence-electron chi connectivity index (χ1n) is 3.94. The van der Waals surface area contributed by atoms with E-state index in [4.69, 9.17) is 14.9 Å². The SMILES string of the molecule is CCOC(=O)c1cc(O)c(O)cc1Br. The lowest BCUT2D eigenvalue weighted by atomic mass is 10.2. The largest absolute Gasteiger partial charge is 0.504 e. The molecular weight excluding hydrogens is 252 g/mol. The molecule has 0 aliphatic carbocycles. The van der Waals surface area contributed by atoms with Gasteiger partial charge in [-0.05, 0) is 35.0 Å². The van der Waals surface area contributed by atoms with Crippen LogP contribution in [0.2, 0.25) is 0 Å². The molecule has 5 heteroatoms. The Morgan fingerprint density at radius 2 is 2.00 bits per heavy atom. The predicted molar refractivity (Wildman–Crippen MR) is 53.4 cm³/mol. The summed E-state index contributed by atoms with van der Waals surface area (Å²) in [5.74, 6) is -1.18. The summed E-state index contributed by atoms with van der Waals surface area (Å²) in [5, 5.41) is 18.3. The standard InChI is InChI=1S/C9H9BrO4/c1-2-14-9(13)5-3-7(11)8(12)4-6(5)10/h3-4,11-12H,2H2,1H3. The van der Waals surface area contributed by atoms with Gasteiger partial charge in [0.2, 0.25) is 0 Å². The Bertz CT molecular complexity index is 362. The second kappa shape index (κ2) is 4.32. The molecule has 0 radical (unpaired) electrons. The highest BCUT2D eigenvalue weighted by Crippen LogP contribution is 2.31. The first-order valence-corrected chi connectivity index (χ1v) is 4.74. The summed E-state index contributed by atoms with van der Waals surface area (Å²) in [6, 6.07) is 2.39. The number of hydrogen-bond donors (Lipinski definition) is 2. The lowest BCUT2D eigenvalue weighted by Crippen LogP contribution is -2.05. The molecule has 1 aromatic carbocycles. The van der Waals surface area contributed by atoms with E-state index in [2.05, 4.69) is 15.9 Å². The highest BCUT2D eigenvalue weighted by molar-refractivity contribution is 9.10. The molecule has 0 spiro atoms. The van der Waals surface area contributed by atoms with Gasteiger partial charge in [-0.1, -0.05) is 0 Å². The van der Waals surface area contributed by atoms with E-state index in [9.17, 15) is 4.79 Å². The Morgan fingerprint density at radius 3 is 2.57 bits per heavy atom. The molecule has 0 aromatic heterocycles. The van der Waals surface area contributed by atoms with Crippen LogP contribution in [0.15, 0.2) is 16.6 Å². The van der Waals surface area contributed by atoms with Gasteiger partial charge in [0.25, 0.3) is 0 Å². The zero-order valence-electron chi connectivity index (χ0n) is 7.45. The van der Waals surface area contributed by atoms with Crippen molar-refractivity contribution < 1.29 is 19.7 Å². The van der Waals surface area contributed by atoms with E-state index < -0.39 is 5.97 Å². The molecule has 14 heavy (non-hydrogen) atoms. The summed E-state index contributed by atoms with van der Waals surface area (Å²) >= 11 is 3.08. The Kier molecular flexibility index (Phi) is 3.35. The van der Waals surface area contributed by atoms with Crippen molar-refractivity contribution in [2.75, 3.05) is 6.61 Å². The average Bonchev–Trinajstić information content (AvgIpc) is 2.11. The zero-order valence-corrected chi connectivity index (χ0v) is 9.04. The van der Waals surface area contributed by atoms with Crippen molar-refractivity contribution in [2.24, 2.45) is 0 Å². The smallest absolute Gasteiger partial charge is 0.339 e. The third kappa shape index (κ3) is 2.17. The topological polar surface area (TPSA) is 66.8 Å². The number of benzene rings is 1. The minimum Gasteiger partial charge on any atom is -0.504 e. The van der Waals surface area contributed by atoms with Crippen molar-refractivity contribution in [1.29, 1.82) is 0 Å². The summed E-state index contributed by atoms with van der Waals surface area (Å²) in [4.78, 5) is 11.3. The van der Waals surface area contributed by atoms with Gasteiger partial charge in [-0.25, -0.2) is 4.79 Å². The normalized spacial score (nSPS) is 9.86. The van der Waals surface area contributed by atoms with Crippen molar-refractivity contribution in [3.8, 4) is 11.5 Å². The summed E-state index contributed by atoms with van der Waals surface area (Å²) in [6.45, 7) is 1.94. The van der Waals surface area contributed by atoms with Crippen molar-refractivity contribution in [3.63, 3.8) is 0 Å². The van der Waals surface area contributed by atoms with Crippen molar-refractivity contribution >= 4 is 21.9 Å². The molecule has 0 amide bonds. The van der Waals surface area contributed by atoms with Crippen molar-refractivity contribution in [3.05, 3.63) is 22.2 Å². The number of esters is 1. The van der Waals surface area contributed by atoms with Crippen molar-refractivity contribution in [1.82, 2.24) is 0 Å². The molecule has 0 saturated heterocycles. The maximum absolute atomic E-state index is 11.3. The number of rotatable bonds is 2. The quantitative estimate of drug-likeness (QED) is 0.631. The summed E-state index contributed by atoms with van der Waals surface area (Å²) in [5.41, 5.74) is 0.183.